The van der Waals surface area contributed by atoms with Crippen molar-refractivity contribution < 1.29 is 13.9 Å². The molecule has 2 aromatic carbocycles. The van der Waals surface area contributed by atoms with Gasteiger partial charge in [-0.1, -0.05) is 0 Å². The number of nitrogens with zero attached hydrogens (tertiary/aromatic N) is 2. The van der Waals surface area contributed by atoms with Crippen LogP contribution in [0.15, 0.2) is 54.6 Å². The fourth-order valence-electron chi connectivity index (χ4n) is 3.02. The summed E-state index contributed by atoms with van der Waals surface area (Å²) >= 11 is 0. The first kappa shape index (κ1) is 21.5. The lowest BCUT2D eigenvalue weighted by Crippen LogP contribution is -2.03. The van der Waals surface area contributed by atoms with Gasteiger partial charge in [-0.25, -0.2) is 14.2 Å². The Morgan fingerprint density at radius 3 is 2.39 bits per heavy atom. The number of aromatic nitrogens is 1. The van der Waals surface area contributed by atoms with Crippen LogP contribution in [-0.4, -0.2) is 18.1 Å². The van der Waals surface area contributed by atoms with Crippen molar-refractivity contribution in [3.05, 3.63) is 82.7 Å². The van der Waals surface area contributed by atoms with Crippen LogP contribution in [0.1, 0.15) is 22.3 Å². The van der Waals surface area contributed by atoms with E-state index in [1.807, 2.05) is 32.0 Å². The molecule has 0 saturated carbocycles. The SMILES string of the molecule is COC(=O)/C=C/c1cc(C)c(Nc2ccc(F)c(Nc3ccc(C#N)cc3)n2)c(C)c1. The largest absolute Gasteiger partial charge is 0.466 e. The molecule has 0 unspecified atom stereocenters. The van der Waals surface area contributed by atoms with E-state index in [1.165, 1.54) is 19.3 Å². The quantitative estimate of drug-likeness (QED) is 0.414. The monoisotopic (exact) mass is 416 g/mol. The highest BCUT2D eigenvalue weighted by molar-refractivity contribution is 5.87. The molecule has 0 radical (unpaired) electrons. The molecule has 0 fully saturated rings. The number of halogens is 1. The van der Waals surface area contributed by atoms with Gasteiger partial charge in [-0.3, -0.25) is 0 Å². The predicted octanol–water partition coefficient (Wildman–Crippen LogP) is 5.38. The fourth-order valence-corrected chi connectivity index (χ4v) is 3.02. The highest BCUT2D eigenvalue weighted by atomic mass is 19.1. The molecule has 1 aromatic heterocycles. The number of hydrogen-bond donors (Lipinski definition) is 2. The Kier molecular flexibility index (Phi) is 6.63. The maximum absolute atomic E-state index is 14.3. The van der Waals surface area contributed by atoms with Gasteiger partial charge in [0.2, 0.25) is 0 Å². The van der Waals surface area contributed by atoms with Crippen molar-refractivity contribution in [1.82, 2.24) is 4.98 Å². The minimum atomic E-state index is -0.494. The third-order valence-electron chi connectivity index (χ3n) is 4.54. The summed E-state index contributed by atoms with van der Waals surface area (Å²) in [5.41, 5.74) is 4.73. The van der Waals surface area contributed by atoms with Crippen LogP contribution >= 0.6 is 0 Å². The third-order valence-corrected chi connectivity index (χ3v) is 4.54. The molecule has 1 heterocycles. The Morgan fingerprint density at radius 2 is 1.77 bits per heavy atom. The second-order valence-corrected chi connectivity index (χ2v) is 6.85. The van der Waals surface area contributed by atoms with Crippen LogP contribution in [0.2, 0.25) is 0 Å². The number of carbonyl (C=O) groups excluding carboxylic acids is 1. The van der Waals surface area contributed by atoms with Gasteiger partial charge in [0.1, 0.15) is 5.82 Å². The van der Waals surface area contributed by atoms with Crippen molar-refractivity contribution in [2.75, 3.05) is 17.7 Å². The molecule has 0 amide bonds. The highest BCUT2D eigenvalue weighted by Crippen LogP contribution is 2.28. The van der Waals surface area contributed by atoms with Gasteiger partial charge in [-0.2, -0.15) is 5.26 Å². The predicted molar refractivity (Wildman–Crippen MR) is 119 cm³/mol. The Hall–Kier alpha value is -4.18. The first-order valence-corrected chi connectivity index (χ1v) is 9.47. The molecule has 31 heavy (non-hydrogen) atoms. The minimum Gasteiger partial charge on any atom is -0.466 e. The maximum Gasteiger partial charge on any atom is 0.330 e. The number of anilines is 4. The second kappa shape index (κ2) is 9.55. The molecule has 3 aromatic rings. The zero-order chi connectivity index (χ0) is 22.4. The van der Waals surface area contributed by atoms with E-state index in [9.17, 15) is 9.18 Å². The van der Waals surface area contributed by atoms with Crippen molar-refractivity contribution >= 4 is 35.1 Å². The Morgan fingerprint density at radius 1 is 1.10 bits per heavy atom. The van der Waals surface area contributed by atoms with Gasteiger partial charge in [0.05, 0.1) is 18.7 Å². The highest BCUT2D eigenvalue weighted by Gasteiger charge is 2.10. The number of nitrogens with one attached hydrogen (secondary N) is 2. The zero-order valence-corrected chi connectivity index (χ0v) is 17.4. The third kappa shape index (κ3) is 5.46. The summed E-state index contributed by atoms with van der Waals surface area (Å²) < 4.78 is 18.9. The number of aryl methyl sites for hydroxylation is 2. The maximum atomic E-state index is 14.3. The van der Waals surface area contributed by atoms with Crippen LogP contribution in [0.4, 0.5) is 27.4 Å². The molecule has 0 saturated heterocycles. The molecule has 0 atom stereocenters. The van der Waals surface area contributed by atoms with Gasteiger partial charge < -0.3 is 15.4 Å². The van der Waals surface area contributed by atoms with Gasteiger partial charge in [0.15, 0.2) is 11.6 Å². The lowest BCUT2D eigenvalue weighted by Gasteiger charge is -2.15. The summed E-state index contributed by atoms with van der Waals surface area (Å²) in [5.74, 6) is -0.369. The number of rotatable bonds is 6. The first-order chi connectivity index (χ1) is 14.9. The van der Waals surface area contributed by atoms with Crippen molar-refractivity contribution in [3.63, 3.8) is 0 Å². The molecule has 7 heteroatoms. The van der Waals surface area contributed by atoms with Crippen molar-refractivity contribution in [1.29, 1.82) is 5.26 Å². The summed E-state index contributed by atoms with van der Waals surface area (Å²) in [5, 5.41) is 15.1. The second-order valence-electron chi connectivity index (χ2n) is 6.85. The van der Waals surface area contributed by atoms with Crippen LogP contribution in [0, 0.1) is 31.0 Å². The van der Waals surface area contributed by atoms with Gasteiger partial charge in [-0.05, 0) is 85.1 Å². The van der Waals surface area contributed by atoms with E-state index in [1.54, 1.807) is 36.4 Å². The molecule has 156 valence electrons. The van der Waals surface area contributed by atoms with Gasteiger partial charge in [0.25, 0.3) is 0 Å². The summed E-state index contributed by atoms with van der Waals surface area (Å²) in [4.78, 5) is 15.6. The zero-order valence-electron chi connectivity index (χ0n) is 17.4. The Balaban J connectivity index is 1.82. The van der Waals surface area contributed by atoms with Crippen molar-refractivity contribution in [2.45, 2.75) is 13.8 Å². The van der Waals surface area contributed by atoms with Crippen molar-refractivity contribution in [2.24, 2.45) is 0 Å². The normalized spacial score (nSPS) is 10.5. The van der Waals surface area contributed by atoms with Gasteiger partial charge >= 0.3 is 5.97 Å². The molecule has 2 N–H and O–H groups in total. The topological polar surface area (TPSA) is 87.0 Å². The number of esters is 1. The van der Waals surface area contributed by atoms with Crippen LogP contribution < -0.4 is 10.6 Å². The molecular weight excluding hydrogens is 395 g/mol. The van der Waals surface area contributed by atoms with E-state index < -0.39 is 11.8 Å². The molecule has 0 bridgehead atoms. The van der Waals surface area contributed by atoms with E-state index in [0.717, 1.165) is 22.4 Å². The number of hydrogen-bond acceptors (Lipinski definition) is 6. The van der Waals surface area contributed by atoms with Crippen LogP contribution in [-0.2, 0) is 9.53 Å². The fraction of sp³-hybridized carbons (Fsp3) is 0.125. The van der Waals surface area contributed by atoms with E-state index in [2.05, 4.69) is 20.4 Å². The standard InChI is InChI=1S/C24H21FN4O2/c1-15-12-18(6-11-22(30)31-3)13-16(2)23(15)28-21-10-9-20(25)24(29-21)27-19-7-4-17(14-26)5-8-19/h4-13H,1-3H3,(H2,27,28,29)/b11-6+. The van der Waals surface area contributed by atoms with Gasteiger partial charge in [-0.15, -0.1) is 0 Å². The summed E-state index contributed by atoms with van der Waals surface area (Å²) in [6.07, 6.45) is 3.05. The van der Waals surface area contributed by atoms with Crippen molar-refractivity contribution in [3.8, 4) is 6.07 Å². The number of carbonyl (C=O) groups is 1. The molecule has 0 aliphatic heterocycles. The van der Waals surface area contributed by atoms with E-state index in [4.69, 9.17) is 5.26 Å². The number of pyridine rings is 1. The number of ether oxygens (including phenoxy) is 1. The average molecular weight is 416 g/mol. The summed E-state index contributed by atoms with van der Waals surface area (Å²) in [6.45, 7) is 3.87. The van der Waals surface area contributed by atoms with Crippen LogP contribution in [0.3, 0.4) is 0 Å². The van der Waals surface area contributed by atoms with E-state index in [0.29, 0.717) is 17.1 Å². The Labute approximate surface area is 180 Å². The van der Waals surface area contributed by atoms with Gasteiger partial charge in [0, 0.05) is 17.5 Å². The minimum absolute atomic E-state index is 0.0719. The average Bonchev–Trinajstić information content (AvgIpc) is 2.77. The molecular formula is C24H21FN4O2. The number of nitriles is 1. The Bertz CT molecular complexity index is 1160. The molecule has 0 aliphatic carbocycles. The lowest BCUT2D eigenvalue weighted by atomic mass is 10.0. The first-order valence-electron chi connectivity index (χ1n) is 9.47. The number of methoxy groups -OCH3 is 1. The smallest absolute Gasteiger partial charge is 0.330 e. The van der Waals surface area contributed by atoms with E-state index in [-0.39, 0.29) is 5.82 Å². The molecule has 0 spiro atoms. The lowest BCUT2D eigenvalue weighted by molar-refractivity contribution is -0.134. The van der Waals surface area contributed by atoms with Crippen LogP contribution in [0.25, 0.3) is 6.08 Å². The summed E-state index contributed by atoms with van der Waals surface area (Å²) in [7, 11) is 1.33. The summed E-state index contributed by atoms with van der Waals surface area (Å²) in [6, 6.07) is 15.4. The number of benzene rings is 2. The molecule has 6 nitrogen and oxygen atoms in total. The van der Waals surface area contributed by atoms with E-state index >= 15 is 0 Å². The molecule has 3 rings (SSSR count). The molecule has 0 aliphatic rings. The van der Waals surface area contributed by atoms with Crippen LogP contribution in [0.5, 0.6) is 0 Å².